The van der Waals surface area contributed by atoms with Crippen molar-refractivity contribution in [1.29, 1.82) is 0 Å². The molecular formula is C30H27FN6O2S. The monoisotopic (exact) mass is 554 g/mol. The van der Waals surface area contributed by atoms with Gasteiger partial charge in [-0.2, -0.15) is 5.10 Å². The Morgan fingerprint density at radius 2 is 1.75 bits per heavy atom. The standard InChI is InChI=1S/C30H27FN6O2S/c1-37(2)23-12-21(16-32-17-23)19-7-8-28-26(13-19)30(36-35-28)29-14-25-24(5-4-6-27(25)34-29)20-9-18(10-22(31)11-20)15-33-40(3,38)39/h4-14,16-17,33-34H,15H2,1-3H3,(H,35,36). The van der Waals surface area contributed by atoms with Crippen molar-refractivity contribution in [2.24, 2.45) is 0 Å². The summed E-state index contributed by atoms with van der Waals surface area (Å²) in [5.74, 6) is -0.436. The minimum atomic E-state index is -3.41. The third-order valence-corrected chi connectivity index (χ3v) is 7.53. The van der Waals surface area contributed by atoms with Gasteiger partial charge in [0.1, 0.15) is 11.5 Å². The van der Waals surface area contributed by atoms with Crippen molar-refractivity contribution in [3.8, 4) is 33.6 Å². The van der Waals surface area contributed by atoms with Gasteiger partial charge in [0.15, 0.2) is 0 Å². The van der Waals surface area contributed by atoms with Gasteiger partial charge in [-0.3, -0.25) is 10.1 Å². The van der Waals surface area contributed by atoms with Crippen molar-refractivity contribution in [1.82, 2.24) is 24.9 Å². The van der Waals surface area contributed by atoms with Crippen molar-refractivity contribution in [2.75, 3.05) is 25.3 Å². The van der Waals surface area contributed by atoms with E-state index in [1.165, 1.54) is 12.1 Å². The molecule has 6 aromatic rings. The van der Waals surface area contributed by atoms with Crippen LogP contribution in [0.15, 0.2) is 79.1 Å². The third-order valence-electron chi connectivity index (χ3n) is 6.86. The molecule has 0 amide bonds. The summed E-state index contributed by atoms with van der Waals surface area (Å²) in [6.45, 7) is 0.00647. The van der Waals surface area contributed by atoms with Gasteiger partial charge in [0.25, 0.3) is 0 Å². The van der Waals surface area contributed by atoms with Gasteiger partial charge in [-0.25, -0.2) is 17.5 Å². The fourth-order valence-electron chi connectivity index (χ4n) is 4.89. The molecule has 0 radical (unpaired) electrons. The lowest BCUT2D eigenvalue weighted by molar-refractivity contribution is 0.586. The molecule has 10 heteroatoms. The molecule has 3 aromatic carbocycles. The first-order valence-corrected chi connectivity index (χ1v) is 14.5. The number of hydrogen-bond acceptors (Lipinski definition) is 5. The molecule has 0 aliphatic rings. The fourth-order valence-corrected chi connectivity index (χ4v) is 5.31. The van der Waals surface area contributed by atoms with E-state index in [1.807, 2.05) is 67.8 Å². The van der Waals surface area contributed by atoms with Crippen LogP contribution >= 0.6 is 0 Å². The molecule has 3 heterocycles. The highest BCUT2D eigenvalue weighted by atomic mass is 32.2. The maximum Gasteiger partial charge on any atom is 0.209 e. The van der Waals surface area contributed by atoms with Crippen LogP contribution in [0.25, 0.3) is 55.4 Å². The van der Waals surface area contributed by atoms with E-state index in [0.717, 1.165) is 61.8 Å². The van der Waals surface area contributed by atoms with Crippen molar-refractivity contribution in [3.63, 3.8) is 0 Å². The normalized spacial score (nSPS) is 11.9. The zero-order valence-electron chi connectivity index (χ0n) is 22.2. The average Bonchev–Trinajstić information content (AvgIpc) is 3.55. The van der Waals surface area contributed by atoms with Crippen molar-refractivity contribution in [3.05, 3.63) is 90.5 Å². The lowest BCUT2D eigenvalue weighted by Crippen LogP contribution is -2.21. The molecule has 0 aliphatic carbocycles. The predicted octanol–water partition coefficient (Wildman–Crippen LogP) is 5.69. The van der Waals surface area contributed by atoms with Crippen LogP contribution < -0.4 is 9.62 Å². The Morgan fingerprint density at radius 3 is 2.55 bits per heavy atom. The summed E-state index contributed by atoms with van der Waals surface area (Å²) in [7, 11) is 0.564. The van der Waals surface area contributed by atoms with E-state index in [0.29, 0.717) is 11.1 Å². The van der Waals surface area contributed by atoms with Crippen LogP contribution in [0.2, 0.25) is 0 Å². The van der Waals surface area contributed by atoms with E-state index in [-0.39, 0.29) is 6.54 Å². The highest BCUT2D eigenvalue weighted by Gasteiger charge is 2.15. The van der Waals surface area contributed by atoms with Gasteiger partial charge < -0.3 is 9.88 Å². The SMILES string of the molecule is CN(C)c1cncc(-c2ccc3[nH]nc(-c4cc5c(-c6cc(F)cc(CNS(C)(=O)=O)c6)cccc5[nH]4)c3c2)c1. The number of aromatic nitrogens is 4. The van der Waals surface area contributed by atoms with E-state index < -0.39 is 15.8 Å². The Hall–Kier alpha value is -4.54. The second-order valence-electron chi connectivity index (χ2n) is 10.1. The minimum Gasteiger partial charge on any atom is -0.376 e. The topological polar surface area (TPSA) is 107 Å². The Morgan fingerprint density at radius 1 is 0.900 bits per heavy atom. The number of fused-ring (bicyclic) bond motifs is 2. The lowest BCUT2D eigenvalue weighted by atomic mass is 9.99. The smallest absolute Gasteiger partial charge is 0.209 e. The molecule has 40 heavy (non-hydrogen) atoms. The highest BCUT2D eigenvalue weighted by Crippen LogP contribution is 2.36. The summed E-state index contributed by atoms with van der Waals surface area (Å²) in [6, 6.07) is 20.7. The van der Waals surface area contributed by atoms with Crippen LogP contribution in [0.4, 0.5) is 10.1 Å². The molecule has 0 atom stereocenters. The number of benzene rings is 3. The van der Waals surface area contributed by atoms with Crippen LogP contribution in [0.3, 0.4) is 0 Å². The van der Waals surface area contributed by atoms with Crippen molar-refractivity contribution in [2.45, 2.75) is 6.54 Å². The summed E-state index contributed by atoms with van der Waals surface area (Å²) in [6.07, 6.45) is 4.76. The Kier molecular flexibility index (Phi) is 6.36. The highest BCUT2D eigenvalue weighted by molar-refractivity contribution is 7.88. The van der Waals surface area contributed by atoms with E-state index in [4.69, 9.17) is 0 Å². The summed E-state index contributed by atoms with van der Waals surface area (Å²) in [5, 5.41) is 9.60. The van der Waals surface area contributed by atoms with Crippen LogP contribution in [-0.4, -0.2) is 48.9 Å². The van der Waals surface area contributed by atoms with Gasteiger partial charge in [0.05, 0.1) is 29.4 Å². The van der Waals surface area contributed by atoms with Crippen molar-refractivity contribution >= 4 is 37.5 Å². The van der Waals surface area contributed by atoms with Gasteiger partial charge in [-0.15, -0.1) is 0 Å². The number of halogens is 1. The van der Waals surface area contributed by atoms with Gasteiger partial charge in [-0.1, -0.05) is 18.2 Å². The molecule has 0 saturated heterocycles. The molecule has 0 fully saturated rings. The van der Waals surface area contributed by atoms with E-state index in [1.54, 1.807) is 6.07 Å². The lowest BCUT2D eigenvalue weighted by Gasteiger charge is -2.13. The maximum atomic E-state index is 14.6. The van der Waals surface area contributed by atoms with Crippen LogP contribution in [0, 0.1) is 5.82 Å². The summed E-state index contributed by atoms with van der Waals surface area (Å²) < 4.78 is 40.1. The third kappa shape index (κ3) is 5.06. The van der Waals surface area contributed by atoms with E-state index >= 15 is 0 Å². The molecule has 0 aliphatic heterocycles. The first kappa shape index (κ1) is 25.7. The van der Waals surface area contributed by atoms with Crippen LogP contribution in [0.5, 0.6) is 0 Å². The predicted molar refractivity (Wildman–Crippen MR) is 158 cm³/mol. The zero-order valence-corrected chi connectivity index (χ0v) is 23.0. The number of H-pyrrole nitrogens is 2. The summed E-state index contributed by atoms with van der Waals surface area (Å²) in [5.41, 5.74) is 8.44. The van der Waals surface area contributed by atoms with Gasteiger partial charge in [0.2, 0.25) is 10.0 Å². The number of nitrogens with one attached hydrogen (secondary N) is 3. The number of aromatic amines is 2. The molecule has 6 rings (SSSR count). The Bertz CT molecular complexity index is 1990. The average molecular weight is 555 g/mol. The molecule has 3 N–H and O–H groups in total. The minimum absolute atomic E-state index is 0.00647. The number of pyridine rings is 1. The molecule has 0 bridgehead atoms. The van der Waals surface area contributed by atoms with E-state index in [9.17, 15) is 12.8 Å². The van der Waals surface area contributed by atoms with Crippen LogP contribution in [0.1, 0.15) is 5.56 Å². The van der Waals surface area contributed by atoms with Crippen LogP contribution in [-0.2, 0) is 16.6 Å². The zero-order chi connectivity index (χ0) is 28.0. The first-order chi connectivity index (χ1) is 19.1. The Balaban J connectivity index is 1.42. The molecule has 0 saturated carbocycles. The molecule has 8 nitrogen and oxygen atoms in total. The quantitative estimate of drug-likeness (QED) is 0.235. The number of anilines is 1. The molecular weight excluding hydrogens is 527 g/mol. The summed E-state index contributed by atoms with van der Waals surface area (Å²) in [4.78, 5) is 9.89. The van der Waals surface area contributed by atoms with Crippen molar-refractivity contribution < 1.29 is 12.8 Å². The second-order valence-corrected chi connectivity index (χ2v) is 11.9. The molecule has 202 valence electrons. The number of nitrogens with zero attached hydrogens (tertiary/aromatic N) is 3. The van der Waals surface area contributed by atoms with Gasteiger partial charge in [0, 0.05) is 48.7 Å². The fraction of sp³-hybridized carbons (Fsp3) is 0.133. The second kappa shape index (κ2) is 9.89. The van der Waals surface area contributed by atoms with Gasteiger partial charge in [-0.05, 0) is 70.8 Å². The first-order valence-electron chi connectivity index (χ1n) is 12.6. The van der Waals surface area contributed by atoms with E-state index in [2.05, 4.69) is 37.0 Å². The molecule has 3 aromatic heterocycles. The number of hydrogen-bond donors (Lipinski definition) is 3. The summed E-state index contributed by atoms with van der Waals surface area (Å²) >= 11 is 0. The Labute approximate surface area is 230 Å². The number of sulfonamides is 1. The largest absolute Gasteiger partial charge is 0.376 e. The maximum absolute atomic E-state index is 14.6. The number of rotatable bonds is 7. The van der Waals surface area contributed by atoms with Gasteiger partial charge >= 0.3 is 0 Å². The molecule has 0 unspecified atom stereocenters. The molecule has 0 spiro atoms.